The van der Waals surface area contributed by atoms with Crippen LogP contribution in [0.3, 0.4) is 0 Å². The topological polar surface area (TPSA) is 35.5 Å². The third-order valence-electron chi connectivity index (χ3n) is 2.74. The lowest BCUT2D eigenvalue weighted by Gasteiger charge is -2.14. The lowest BCUT2D eigenvalue weighted by molar-refractivity contribution is -0.139. The number of para-hydroxylation sites is 2. The van der Waals surface area contributed by atoms with Crippen LogP contribution in [-0.2, 0) is 4.79 Å². The zero-order valence-corrected chi connectivity index (χ0v) is 10.7. The zero-order valence-electron chi connectivity index (χ0n) is 10.7. The number of benzene rings is 1. The van der Waals surface area contributed by atoms with Gasteiger partial charge in [0.25, 0.3) is 0 Å². The second-order valence-electron chi connectivity index (χ2n) is 3.97. The molecule has 94 valence electrons. The van der Waals surface area contributed by atoms with Gasteiger partial charge in [0.05, 0.1) is 13.0 Å². The maximum Gasteiger partial charge on any atom is 0.314 e. The molecule has 3 heteroatoms. The van der Waals surface area contributed by atoms with E-state index in [0.29, 0.717) is 11.5 Å². The molecule has 1 aromatic carbocycles. The summed E-state index contributed by atoms with van der Waals surface area (Å²) in [4.78, 5) is 11.9. The quantitative estimate of drug-likeness (QED) is 0.560. The molecule has 0 radical (unpaired) electrons. The third kappa shape index (κ3) is 3.77. The van der Waals surface area contributed by atoms with Crippen LogP contribution >= 0.6 is 0 Å². The molecule has 1 rings (SSSR count). The van der Waals surface area contributed by atoms with E-state index >= 15 is 0 Å². The molecule has 0 spiro atoms. The fourth-order valence-corrected chi connectivity index (χ4v) is 1.73. The van der Waals surface area contributed by atoms with Crippen molar-refractivity contribution in [3.63, 3.8) is 0 Å². The van der Waals surface area contributed by atoms with Gasteiger partial charge in [-0.05, 0) is 25.0 Å². The monoisotopic (exact) mass is 236 g/mol. The van der Waals surface area contributed by atoms with Gasteiger partial charge >= 0.3 is 5.97 Å². The number of ether oxygens (including phenoxy) is 2. The van der Waals surface area contributed by atoms with Gasteiger partial charge in [-0.1, -0.05) is 32.4 Å². The van der Waals surface area contributed by atoms with E-state index in [1.54, 1.807) is 19.2 Å². The Kier molecular flexibility index (Phi) is 5.53. The fraction of sp³-hybridized carbons (Fsp3) is 0.500. The second-order valence-corrected chi connectivity index (χ2v) is 3.97. The van der Waals surface area contributed by atoms with Crippen molar-refractivity contribution in [1.29, 1.82) is 0 Å². The van der Waals surface area contributed by atoms with Crippen LogP contribution in [0.25, 0.3) is 0 Å². The van der Waals surface area contributed by atoms with E-state index < -0.39 is 0 Å². The van der Waals surface area contributed by atoms with Crippen molar-refractivity contribution in [3.8, 4) is 11.5 Å². The minimum absolute atomic E-state index is 0.0232. The summed E-state index contributed by atoms with van der Waals surface area (Å²) in [6.45, 7) is 4.07. The van der Waals surface area contributed by atoms with E-state index in [4.69, 9.17) is 9.47 Å². The largest absolute Gasteiger partial charge is 0.493 e. The minimum Gasteiger partial charge on any atom is -0.493 e. The average Bonchev–Trinajstić information content (AvgIpc) is 2.36. The van der Waals surface area contributed by atoms with E-state index in [0.717, 1.165) is 19.3 Å². The van der Waals surface area contributed by atoms with Crippen LogP contribution in [0, 0.1) is 5.92 Å². The fourth-order valence-electron chi connectivity index (χ4n) is 1.73. The maximum atomic E-state index is 11.9. The highest BCUT2D eigenvalue weighted by Crippen LogP contribution is 2.27. The molecule has 0 aliphatic heterocycles. The summed E-state index contributed by atoms with van der Waals surface area (Å²) in [5, 5.41) is 0. The van der Waals surface area contributed by atoms with E-state index in [-0.39, 0.29) is 11.9 Å². The first-order valence-electron chi connectivity index (χ1n) is 6.07. The highest BCUT2D eigenvalue weighted by molar-refractivity contribution is 5.75. The van der Waals surface area contributed by atoms with Crippen LogP contribution in [-0.4, -0.2) is 13.1 Å². The lowest BCUT2D eigenvalue weighted by atomic mass is 10.0. The predicted octanol–water partition coefficient (Wildman–Crippen LogP) is 3.43. The highest BCUT2D eigenvalue weighted by Gasteiger charge is 2.19. The van der Waals surface area contributed by atoms with Crippen LogP contribution in [0.5, 0.6) is 11.5 Å². The summed E-state index contributed by atoms with van der Waals surface area (Å²) < 4.78 is 10.5. The van der Waals surface area contributed by atoms with E-state index in [1.165, 1.54) is 0 Å². The van der Waals surface area contributed by atoms with Gasteiger partial charge in [-0.15, -0.1) is 0 Å². The van der Waals surface area contributed by atoms with Crippen molar-refractivity contribution in [2.75, 3.05) is 7.11 Å². The van der Waals surface area contributed by atoms with Crippen LogP contribution in [0.15, 0.2) is 24.3 Å². The van der Waals surface area contributed by atoms with Crippen LogP contribution < -0.4 is 9.47 Å². The van der Waals surface area contributed by atoms with Crippen molar-refractivity contribution < 1.29 is 14.3 Å². The Hall–Kier alpha value is -1.51. The number of rotatable bonds is 6. The van der Waals surface area contributed by atoms with Crippen LogP contribution in [0.1, 0.15) is 33.1 Å². The molecule has 0 saturated carbocycles. The summed E-state index contributed by atoms with van der Waals surface area (Å²) in [6.07, 6.45) is 2.66. The number of carbonyl (C=O) groups excluding carboxylic acids is 1. The summed E-state index contributed by atoms with van der Waals surface area (Å²) in [6, 6.07) is 7.20. The third-order valence-corrected chi connectivity index (χ3v) is 2.74. The predicted molar refractivity (Wildman–Crippen MR) is 67.3 cm³/mol. The molecule has 0 saturated heterocycles. The zero-order chi connectivity index (χ0) is 12.7. The molecule has 1 aromatic rings. The van der Waals surface area contributed by atoms with E-state index in [9.17, 15) is 4.79 Å². The molecule has 17 heavy (non-hydrogen) atoms. The summed E-state index contributed by atoms with van der Waals surface area (Å²) in [5.41, 5.74) is 0. The van der Waals surface area contributed by atoms with E-state index in [1.807, 2.05) is 19.1 Å². The normalized spacial score (nSPS) is 11.9. The number of methoxy groups -OCH3 is 1. The Morgan fingerprint density at radius 2 is 1.88 bits per heavy atom. The van der Waals surface area contributed by atoms with Crippen molar-refractivity contribution in [2.45, 2.75) is 33.1 Å². The summed E-state index contributed by atoms with van der Waals surface area (Å²) in [7, 11) is 1.57. The van der Waals surface area contributed by atoms with Gasteiger partial charge in [-0.25, -0.2) is 0 Å². The van der Waals surface area contributed by atoms with Gasteiger partial charge in [-0.3, -0.25) is 4.79 Å². The number of hydrogen-bond donors (Lipinski definition) is 0. The Morgan fingerprint density at radius 3 is 2.41 bits per heavy atom. The Bertz CT molecular complexity index is 360. The summed E-state index contributed by atoms with van der Waals surface area (Å²) in [5.74, 6) is 0.894. The number of esters is 1. The van der Waals surface area contributed by atoms with Crippen LogP contribution in [0.4, 0.5) is 0 Å². The van der Waals surface area contributed by atoms with Crippen molar-refractivity contribution >= 4 is 5.97 Å². The Morgan fingerprint density at radius 1 is 1.24 bits per heavy atom. The molecule has 0 heterocycles. The molecule has 0 aliphatic carbocycles. The minimum atomic E-state index is -0.168. The average molecular weight is 236 g/mol. The van der Waals surface area contributed by atoms with Gasteiger partial charge in [0.15, 0.2) is 11.5 Å². The molecule has 1 atom stereocenters. The van der Waals surface area contributed by atoms with Crippen molar-refractivity contribution in [2.24, 2.45) is 5.92 Å². The molecule has 0 bridgehead atoms. The molecule has 0 aromatic heterocycles. The lowest BCUT2D eigenvalue weighted by Crippen LogP contribution is -2.20. The molecule has 1 unspecified atom stereocenters. The first-order valence-corrected chi connectivity index (χ1v) is 6.07. The second kappa shape index (κ2) is 6.94. The number of hydrogen-bond acceptors (Lipinski definition) is 3. The molecule has 0 N–H and O–H groups in total. The standard InChI is InChI=1S/C14H20O3/c1-4-8-11(5-2)14(15)17-13-10-7-6-9-12(13)16-3/h6-7,9-11H,4-5,8H2,1-3H3. The van der Waals surface area contributed by atoms with Gasteiger partial charge in [0.2, 0.25) is 0 Å². The molecule has 0 aliphatic rings. The Labute approximate surface area is 103 Å². The maximum absolute atomic E-state index is 11.9. The summed E-state index contributed by atoms with van der Waals surface area (Å²) >= 11 is 0. The van der Waals surface area contributed by atoms with Gasteiger partial charge in [-0.2, -0.15) is 0 Å². The van der Waals surface area contributed by atoms with Gasteiger partial charge in [0.1, 0.15) is 0 Å². The van der Waals surface area contributed by atoms with E-state index in [2.05, 4.69) is 6.92 Å². The molecule has 3 nitrogen and oxygen atoms in total. The van der Waals surface area contributed by atoms with Crippen LogP contribution in [0.2, 0.25) is 0 Å². The molecular formula is C14H20O3. The molecule has 0 fully saturated rings. The molecular weight excluding hydrogens is 216 g/mol. The van der Waals surface area contributed by atoms with Gasteiger partial charge in [0, 0.05) is 0 Å². The van der Waals surface area contributed by atoms with Crippen molar-refractivity contribution in [1.82, 2.24) is 0 Å². The smallest absolute Gasteiger partial charge is 0.314 e. The number of carbonyl (C=O) groups is 1. The van der Waals surface area contributed by atoms with Gasteiger partial charge < -0.3 is 9.47 Å². The SMILES string of the molecule is CCCC(CC)C(=O)Oc1ccccc1OC. The molecule has 0 amide bonds. The van der Waals surface area contributed by atoms with Crippen molar-refractivity contribution in [3.05, 3.63) is 24.3 Å². The Balaban J connectivity index is 2.72. The first-order chi connectivity index (χ1) is 8.22. The first kappa shape index (κ1) is 13.6. The highest BCUT2D eigenvalue weighted by atomic mass is 16.6.